The second-order valence-corrected chi connectivity index (χ2v) is 5.40. The van der Waals surface area contributed by atoms with Crippen LogP contribution in [0, 0.1) is 0 Å². The Balaban J connectivity index is 1.94. The summed E-state index contributed by atoms with van der Waals surface area (Å²) < 4.78 is 10.6. The lowest BCUT2D eigenvalue weighted by molar-refractivity contribution is -0.132. The van der Waals surface area contributed by atoms with Crippen molar-refractivity contribution in [3.8, 4) is 11.5 Å². The summed E-state index contributed by atoms with van der Waals surface area (Å²) in [7, 11) is 3.27. The molecule has 1 aliphatic rings. The summed E-state index contributed by atoms with van der Waals surface area (Å²) in [4.78, 5) is 14.2. The van der Waals surface area contributed by atoms with Gasteiger partial charge in [0.25, 0.3) is 0 Å². The highest BCUT2D eigenvalue weighted by Crippen LogP contribution is 2.25. The minimum atomic E-state index is 0.187. The van der Waals surface area contributed by atoms with Crippen molar-refractivity contribution >= 4 is 5.91 Å². The maximum atomic E-state index is 12.2. The highest BCUT2D eigenvalue weighted by Gasteiger charge is 2.20. The third kappa shape index (κ3) is 4.11. The number of hydrogen-bond donors (Lipinski definition) is 1. The number of rotatable bonds is 5. The normalized spacial score (nSPS) is 15.9. The zero-order valence-corrected chi connectivity index (χ0v) is 12.8. The van der Waals surface area contributed by atoms with Gasteiger partial charge in [0.15, 0.2) is 0 Å². The Kier molecular flexibility index (Phi) is 5.44. The van der Waals surface area contributed by atoms with Crippen molar-refractivity contribution < 1.29 is 14.3 Å². The van der Waals surface area contributed by atoms with Crippen molar-refractivity contribution in [2.45, 2.75) is 31.7 Å². The van der Waals surface area contributed by atoms with Crippen molar-refractivity contribution in [2.75, 3.05) is 27.3 Å². The van der Waals surface area contributed by atoms with Crippen LogP contribution in [-0.4, -0.2) is 44.2 Å². The summed E-state index contributed by atoms with van der Waals surface area (Å²) >= 11 is 0. The molecule has 5 nitrogen and oxygen atoms in total. The molecule has 1 amide bonds. The molecule has 0 aliphatic carbocycles. The van der Waals surface area contributed by atoms with Crippen LogP contribution >= 0.6 is 0 Å². The number of benzene rings is 1. The monoisotopic (exact) mass is 292 g/mol. The second-order valence-electron chi connectivity index (χ2n) is 5.40. The lowest BCUT2D eigenvalue weighted by Crippen LogP contribution is -2.42. The quantitative estimate of drug-likeness (QED) is 0.895. The van der Waals surface area contributed by atoms with Crippen LogP contribution in [0.25, 0.3) is 0 Å². The first-order valence-corrected chi connectivity index (χ1v) is 7.38. The van der Waals surface area contributed by atoms with Gasteiger partial charge in [0.05, 0.1) is 14.2 Å². The summed E-state index contributed by atoms with van der Waals surface area (Å²) in [5.74, 6) is 1.76. The number of likely N-dealkylation sites (tertiary alicyclic amines) is 1. The number of piperidine rings is 1. The van der Waals surface area contributed by atoms with Gasteiger partial charge in [-0.1, -0.05) is 0 Å². The van der Waals surface area contributed by atoms with Crippen molar-refractivity contribution in [2.24, 2.45) is 5.73 Å². The van der Waals surface area contributed by atoms with Crippen LogP contribution < -0.4 is 15.2 Å². The topological polar surface area (TPSA) is 64.8 Å². The summed E-state index contributed by atoms with van der Waals surface area (Å²) in [5, 5.41) is 0. The molecule has 2 rings (SSSR count). The molecule has 2 N–H and O–H groups in total. The number of carbonyl (C=O) groups is 1. The van der Waals surface area contributed by atoms with Crippen LogP contribution in [-0.2, 0) is 11.2 Å². The van der Waals surface area contributed by atoms with Crippen molar-refractivity contribution in [1.29, 1.82) is 0 Å². The predicted octanol–water partition coefficient (Wildman–Crippen LogP) is 1.59. The number of methoxy groups -OCH3 is 2. The molecule has 1 aromatic carbocycles. The molecule has 1 aromatic rings. The summed E-state index contributed by atoms with van der Waals surface area (Å²) in [6, 6.07) is 5.90. The number of hydrogen-bond acceptors (Lipinski definition) is 4. The molecule has 1 saturated heterocycles. The third-order valence-corrected chi connectivity index (χ3v) is 3.99. The number of aryl methyl sites for hydroxylation is 1. The second kappa shape index (κ2) is 7.31. The molecule has 1 heterocycles. The van der Waals surface area contributed by atoms with Gasteiger partial charge in [-0.15, -0.1) is 0 Å². The summed E-state index contributed by atoms with van der Waals surface area (Å²) in [6.45, 7) is 1.55. The lowest BCUT2D eigenvalue weighted by atomic mass is 10.0. The fourth-order valence-electron chi connectivity index (χ4n) is 2.63. The molecule has 0 atom stereocenters. The van der Waals surface area contributed by atoms with Gasteiger partial charge in [0.2, 0.25) is 5.91 Å². The van der Waals surface area contributed by atoms with E-state index in [1.807, 2.05) is 23.1 Å². The number of carbonyl (C=O) groups excluding carboxylic acids is 1. The average molecular weight is 292 g/mol. The van der Waals surface area contributed by atoms with E-state index in [0.29, 0.717) is 12.8 Å². The van der Waals surface area contributed by atoms with Crippen LogP contribution in [0.15, 0.2) is 18.2 Å². The molecule has 0 aromatic heterocycles. The lowest BCUT2D eigenvalue weighted by Gasteiger charge is -2.30. The highest BCUT2D eigenvalue weighted by atomic mass is 16.5. The molecule has 0 radical (unpaired) electrons. The van der Waals surface area contributed by atoms with Crippen molar-refractivity contribution in [3.63, 3.8) is 0 Å². The Morgan fingerprint density at radius 2 is 2.00 bits per heavy atom. The van der Waals surface area contributed by atoms with E-state index < -0.39 is 0 Å². The predicted molar refractivity (Wildman–Crippen MR) is 81.7 cm³/mol. The van der Waals surface area contributed by atoms with E-state index in [1.54, 1.807) is 14.2 Å². The van der Waals surface area contributed by atoms with Crippen LogP contribution in [0.1, 0.15) is 24.8 Å². The molecule has 1 fully saturated rings. The minimum Gasteiger partial charge on any atom is -0.497 e. The molecule has 21 heavy (non-hydrogen) atoms. The van der Waals surface area contributed by atoms with E-state index in [9.17, 15) is 4.79 Å². The first-order chi connectivity index (χ1) is 10.1. The zero-order chi connectivity index (χ0) is 15.2. The van der Waals surface area contributed by atoms with Gasteiger partial charge in [-0.2, -0.15) is 0 Å². The standard InChI is InChI=1S/C16H24N2O3/c1-20-14-4-5-15(21-2)12(11-14)3-6-16(19)18-9-7-13(17)8-10-18/h4-5,11,13H,3,6-10,17H2,1-2H3. The number of nitrogens with zero attached hydrogens (tertiary/aromatic N) is 1. The van der Waals surface area contributed by atoms with E-state index in [4.69, 9.17) is 15.2 Å². The first-order valence-electron chi connectivity index (χ1n) is 7.38. The molecule has 0 spiro atoms. The van der Waals surface area contributed by atoms with Crippen molar-refractivity contribution in [3.05, 3.63) is 23.8 Å². The van der Waals surface area contributed by atoms with Gasteiger partial charge in [-0.05, 0) is 43.0 Å². The Morgan fingerprint density at radius 1 is 1.29 bits per heavy atom. The van der Waals surface area contributed by atoms with Gasteiger partial charge < -0.3 is 20.1 Å². The Morgan fingerprint density at radius 3 is 2.62 bits per heavy atom. The Hall–Kier alpha value is -1.75. The minimum absolute atomic E-state index is 0.187. The van der Waals surface area contributed by atoms with Gasteiger partial charge in [-0.3, -0.25) is 4.79 Å². The van der Waals surface area contributed by atoms with Gasteiger partial charge in [0.1, 0.15) is 11.5 Å². The van der Waals surface area contributed by atoms with Crippen molar-refractivity contribution in [1.82, 2.24) is 4.90 Å². The Labute approximate surface area is 126 Å². The maximum absolute atomic E-state index is 12.2. The molecule has 116 valence electrons. The largest absolute Gasteiger partial charge is 0.497 e. The highest BCUT2D eigenvalue weighted by molar-refractivity contribution is 5.76. The van der Waals surface area contributed by atoms with Crippen LogP contribution in [0.2, 0.25) is 0 Å². The fraction of sp³-hybridized carbons (Fsp3) is 0.562. The Bertz CT molecular complexity index is 482. The molecule has 1 aliphatic heterocycles. The van der Waals surface area contributed by atoms with Gasteiger partial charge >= 0.3 is 0 Å². The number of ether oxygens (including phenoxy) is 2. The van der Waals surface area contributed by atoms with Crippen LogP contribution in [0.4, 0.5) is 0 Å². The van der Waals surface area contributed by atoms with Gasteiger partial charge in [-0.25, -0.2) is 0 Å². The smallest absolute Gasteiger partial charge is 0.222 e. The third-order valence-electron chi connectivity index (χ3n) is 3.99. The summed E-state index contributed by atoms with van der Waals surface area (Å²) in [5.41, 5.74) is 6.86. The van der Waals surface area contributed by atoms with Crippen LogP contribution in [0.5, 0.6) is 11.5 Å². The molecular weight excluding hydrogens is 268 g/mol. The van der Waals surface area contributed by atoms with E-state index in [1.165, 1.54) is 0 Å². The molecule has 0 saturated carbocycles. The van der Waals surface area contributed by atoms with E-state index in [2.05, 4.69) is 0 Å². The maximum Gasteiger partial charge on any atom is 0.222 e. The molecular formula is C16H24N2O3. The van der Waals surface area contributed by atoms with E-state index in [-0.39, 0.29) is 11.9 Å². The van der Waals surface area contributed by atoms with Gasteiger partial charge in [0, 0.05) is 25.6 Å². The van der Waals surface area contributed by atoms with E-state index >= 15 is 0 Å². The molecule has 0 bridgehead atoms. The first kappa shape index (κ1) is 15.6. The molecule has 0 unspecified atom stereocenters. The summed E-state index contributed by atoms with van der Waals surface area (Å²) in [6.07, 6.45) is 2.93. The average Bonchev–Trinajstić information content (AvgIpc) is 2.52. The van der Waals surface area contributed by atoms with E-state index in [0.717, 1.165) is 43.0 Å². The fourth-order valence-corrected chi connectivity index (χ4v) is 2.63. The number of amides is 1. The number of nitrogens with two attached hydrogens (primary N) is 1. The van der Waals surface area contributed by atoms with Crippen LogP contribution in [0.3, 0.4) is 0 Å². The SMILES string of the molecule is COc1ccc(OC)c(CCC(=O)N2CCC(N)CC2)c1. The molecule has 5 heteroatoms. The zero-order valence-electron chi connectivity index (χ0n) is 12.8.